The molecule has 0 spiro atoms. The normalized spacial score (nSPS) is 10.1. The number of hydrogen-bond donors (Lipinski definition) is 0. The summed E-state index contributed by atoms with van der Waals surface area (Å²) >= 11 is 3.47. The summed E-state index contributed by atoms with van der Waals surface area (Å²) in [5, 5.41) is 9.63. The second kappa shape index (κ2) is 6.58. The van der Waals surface area contributed by atoms with Gasteiger partial charge in [-0.25, -0.2) is 0 Å². The van der Waals surface area contributed by atoms with Crippen LogP contribution >= 0.6 is 15.9 Å². The van der Waals surface area contributed by atoms with E-state index < -0.39 is 0 Å². The van der Waals surface area contributed by atoms with E-state index in [2.05, 4.69) is 48.0 Å². The lowest BCUT2D eigenvalue weighted by Crippen LogP contribution is -2.00. The van der Waals surface area contributed by atoms with E-state index >= 15 is 0 Å². The van der Waals surface area contributed by atoms with Crippen LogP contribution in [-0.2, 0) is 11.9 Å². The lowest BCUT2D eigenvalue weighted by atomic mass is 10.1. The third-order valence-electron chi connectivity index (χ3n) is 3.14. The molecule has 0 unspecified atom stereocenters. The largest absolute Gasteiger partial charge is 0.488 e. The second-order valence-corrected chi connectivity index (χ2v) is 5.35. The van der Waals surface area contributed by atoms with Crippen molar-refractivity contribution in [1.82, 2.24) is 0 Å². The molecule has 0 aliphatic heterocycles. The summed E-state index contributed by atoms with van der Waals surface area (Å²) in [7, 11) is 0. The molecular weight excluding hydrogens is 314 g/mol. The van der Waals surface area contributed by atoms with Crippen molar-refractivity contribution in [3.8, 4) is 11.8 Å². The van der Waals surface area contributed by atoms with E-state index in [1.165, 1.54) is 5.56 Å². The topological polar surface area (TPSA) is 33.0 Å². The second-order valence-electron chi connectivity index (χ2n) is 4.79. The fraction of sp³-hybridized carbons (Fsp3) is 0.235. The van der Waals surface area contributed by atoms with E-state index in [0.717, 1.165) is 27.8 Å². The minimum Gasteiger partial charge on any atom is -0.488 e. The van der Waals surface area contributed by atoms with Crippen molar-refractivity contribution in [2.75, 3.05) is 0 Å². The predicted octanol–water partition coefficient (Wildman–Crippen LogP) is 4.65. The van der Waals surface area contributed by atoms with E-state index in [1.807, 2.05) is 24.3 Å². The van der Waals surface area contributed by atoms with Crippen molar-refractivity contribution in [3.63, 3.8) is 0 Å². The van der Waals surface area contributed by atoms with E-state index in [1.54, 1.807) is 0 Å². The monoisotopic (exact) mass is 329 g/mol. The molecule has 0 saturated heterocycles. The summed E-state index contributed by atoms with van der Waals surface area (Å²) in [5.74, 6) is 0.944. The van der Waals surface area contributed by atoms with Gasteiger partial charge < -0.3 is 4.74 Å². The van der Waals surface area contributed by atoms with Gasteiger partial charge in [0.15, 0.2) is 0 Å². The van der Waals surface area contributed by atoms with Gasteiger partial charge in [-0.1, -0.05) is 40.2 Å². The highest BCUT2D eigenvalue weighted by Crippen LogP contribution is 2.26. The highest BCUT2D eigenvalue weighted by atomic mass is 79.9. The van der Waals surface area contributed by atoms with Gasteiger partial charge in [0.05, 0.1) is 11.6 Å². The van der Waals surface area contributed by atoms with Crippen molar-refractivity contribution < 1.29 is 4.74 Å². The number of hydrogen-bond acceptors (Lipinski definition) is 2. The number of alkyl halides is 1. The molecule has 0 heterocycles. The molecule has 20 heavy (non-hydrogen) atoms. The van der Waals surface area contributed by atoms with Gasteiger partial charge >= 0.3 is 0 Å². The van der Waals surface area contributed by atoms with Gasteiger partial charge in [-0.05, 0) is 48.2 Å². The summed E-state index contributed by atoms with van der Waals surface area (Å²) in [6.45, 7) is 4.64. The fourth-order valence-corrected chi connectivity index (χ4v) is 2.50. The summed E-state index contributed by atoms with van der Waals surface area (Å²) in [5.41, 5.74) is 5.28. The Balaban J connectivity index is 2.12. The average molecular weight is 330 g/mol. The zero-order valence-corrected chi connectivity index (χ0v) is 13.2. The molecule has 0 fully saturated rings. The van der Waals surface area contributed by atoms with E-state index in [9.17, 15) is 0 Å². The van der Waals surface area contributed by atoms with Crippen LogP contribution in [0.15, 0.2) is 36.4 Å². The number of benzene rings is 2. The fourth-order valence-electron chi connectivity index (χ4n) is 2.18. The molecule has 0 aliphatic rings. The molecule has 0 saturated carbocycles. The molecule has 0 aliphatic carbocycles. The standard InChI is InChI=1S/C17H16BrNO/c1-12-7-16(9-18)8-13(2)17(12)20-11-15-5-3-14(10-19)4-6-15/h3-8H,9,11H2,1-2H3. The van der Waals surface area contributed by atoms with Crippen LogP contribution in [0.1, 0.15) is 27.8 Å². The molecule has 0 atom stereocenters. The van der Waals surface area contributed by atoms with Crippen LogP contribution in [0.25, 0.3) is 0 Å². The Hall–Kier alpha value is -1.79. The number of nitriles is 1. The van der Waals surface area contributed by atoms with Gasteiger partial charge in [0.1, 0.15) is 12.4 Å². The van der Waals surface area contributed by atoms with Gasteiger partial charge in [0.25, 0.3) is 0 Å². The lowest BCUT2D eigenvalue weighted by molar-refractivity contribution is 0.302. The Morgan fingerprint density at radius 1 is 1.05 bits per heavy atom. The number of rotatable bonds is 4. The van der Waals surface area contributed by atoms with Crippen LogP contribution in [0.5, 0.6) is 5.75 Å². The number of aryl methyl sites for hydroxylation is 2. The maximum absolute atomic E-state index is 8.77. The molecule has 0 aromatic heterocycles. The highest BCUT2D eigenvalue weighted by molar-refractivity contribution is 9.08. The van der Waals surface area contributed by atoms with Crippen molar-refractivity contribution in [3.05, 3.63) is 64.2 Å². The van der Waals surface area contributed by atoms with Crippen molar-refractivity contribution in [1.29, 1.82) is 5.26 Å². The van der Waals surface area contributed by atoms with E-state index in [-0.39, 0.29) is 0 Å². The molecule has 2 rings (SSSR count). The zero-order chi connectivity index (χ0) is 14.5. The first-order valence-corrected chi connectivity index (χ1v) is 7.54. The van der Waals surface area contributed by atoms with Crippen LogP contribution in [0.3, 0.4) is 0 Å². The van der Waals surface area contributed by atoms with Crippen LogP contribution in [0.2, 0.25) is 0 Å². The van der Waals surface area contributed by atoms with Gasteiger partial charge in [0, 0.05) is 5.33 Å². The van der Waals surface area contributed by atoms with E-state index in [0.29, 0.717) is 12.2 Å². The molecule has 0 bridgehead atoms. The smallest absolute Gasteiger partial charge is 0.125 e. The SMILES string of the molecule is Cc1cc(CBr)cc(C)c1OCc1ccc(C#N)cc1. The predicted molar refractivity (Wildman–Crippen MR) is 84.0 cm³/mol. The Bertz CT molecular complexity index is 618. The molecule has 3 heteroatoms. The minimum absolute atomic E-state index is 0.515. The summed E-state index contributed by atoms with van der Waals surface area (Å²) < 4.78 is 5.93. The quantitative estimate of drug-likeness (QED) is 0.765. The van der Waals surface area contributed by atoms with Gasteiger partial charge in [-0.15, -0.1) is 0 Å². The maximum Gasteiger partial charge on any atom is 0.125 e. The Morgan fingerprint density at radius 2 is 1.65 bits per heavy atom. The highest BCUT2D eigenvalue weighted by Gasteiger charge is 2.06. The van der Waals surface area contributed by atoms with Crippen molar-refractivity contribution in [2.24, 2.45) is 0 Å². The Morgan fingerprint density at radius 3 is 2.15 bits per heavy atom. The number of nitrogens with zero attached hydrogens (tertiary/aromatic N) is 1. The maximum atomic E-state index is 8.77. The van der Waals surface area contributed by atoms with Crippen LogP contribution in [0, 0.1) is 25.2 Å². The van der Waals surface area contributed by atoms with Gasteiger partial charge in [0.2, 0.25) is 0 Å². The van der Waals surface area contributed by atoms with Gasteiger partial charge in [-0.2, -0.15) is 5.26 Å². The van der Waals surface area contributed by atoms with Crippen molar-refractivity contribution in [2.45, 2.75) is 25.8 Å². The molecule has 2 aromatic carbocycles. The average Bonchev–Trinajstić information content (AvgIpc) is 2.46. The lowest BCUT2D eigenvalue weighted by Gasteiger charge is -2.13. The summed E-state index contributed by atoms with van der Waals surface area (Å²) in [4.78, 5) is 0. The van der Waals surface area contributed by atoms with Crippen LogP contribution in [0.4, 0.5) is 0 Å². The molecule has 102 valence electrons. The first-order valence-electron chi connectivity index (χ1n) is 6.42. The molecule has 2 nitrogen and oxygen atoms in total. The summed E-state index contributed by atoms with van der Waals surface area (Å²) in [6.07, 6.45) is 0. The van der Waals surface area contributed by atoms with E-state index in [4.69, 9.17) is 10.00 Å². The molecule has 0 radical (unpaired) electrons. The van der Waals surface area contributed by atoms with Gasteiger partial charge in [-0.3, -0.25) is 0 Å². The Labute approximate surface area is 128 Å². The third-order valence-corrected chi connectivity index (χ3v) is 3.79. The molecule has 0 N–H and O–H groups in total. The Kier molecular flexibility index (Phi) is 4.81. The minimum atomic E-state index is 0.515. The zero-order valence-electron chi connectivity index (χ0n) is 11.6. The first-order chi connectivity index (χ1) is 9.63. The van der Waals surface area contributed by atoms with Crippen LogP contribution in [-0.4, -0.2) is 0 Å². The first kappa shape index (κ1) is 14.6. The third kappa shape index (κ3) is 3.40. The molecular formula is C17H16BrNO. The summed E-state index contributed by atoms with van der Waals surface area (Å²) in [6, 6.07) is 13.9. The molecule has 2 aromatic rings. The number of halogens is 1. The van der Waals surface area contributed by atoms with Crippen molar-refractivity contribution >= 4 is 15.9 Å². The van der Waals surface area contributed by atoms with Crippen LogP contribution < -0.4 is 4.74 Å². The molecule has 0 amide bonds. The number of ether oxygens (including phenoxy) is 1.